The summed E-state index contributed by atoms with van der Waals surface area (Å²) >= 11 is 0. The summed E-state index contributed by atoms with van der Waals surface area (Å²) in [4.78, 5) is 13.1. The fourth-order valence-corrected chi connectivity index (χ4v) is 4.56. The number of hydrogen-bond donors (Lipinski definition) is 0. The highest BCUT2D eigenvalue weighted by Crippen LogP contribution is 2.43. The largest absolute Gasteiger partial charge is 0.493 e. The second kappa shape index (κ2) is 9.42. The van der Waals surface area contributed by atoms with Crippen molar-refractivity contribution in [3.05, 3.63) is 70.0 Å². The van der Waals surface area contributed by atoms with Gasteiger partial charge in [0.1, 0.15) is 6.61 Å². The fourth-order valence-electron chi connectivity index (χ4n) is 3.44. The summed E-state index contributed by atoms with van der Waals surface area (Å²) in [7, 11) is 1.10. The summed E-state index contributed by atoms with van der Waals surface area (Å²) in [6, 6.07) is 15.3. The minimum Gasteiger partial charge on any atom is -0.493 e. The number of aryl methyl sites for hydroxylation is 1. The maximum Gasteiger partial charge on any atom is 0.194 e. The van der Waals surface area contributed by atoms with Crippen molar-refractivity contribution in [1.82, 2.24) is 4.57 Å². The number of ether oxygens (including phenoxy) is 2. The molecule has 0 saturated heterocycles. The van der Waals surface area contributed by atoms with E-state index in [1.807, 2.05) is 41.9 Å². The van der Waals surface area contributed by atoms with Gasteiger partial charge < -0.3 is 18.5 Å². The molecule has 0 spiro atoms. The molecule has 33 heavy (non-hydrogen) atoms. The van der Waals surface area contributed by atoms with Gasteiger partial charge in [0, 0.05) is 24.9 Å². The molecule has 0 N–H and O–H groups in total. The molecule has 1 unspecified atom stereocenters. The topological polar surface area (TPSA) is 73.5 Å². The maximum absolute atomic E-state index is 13.1. The van der Waals surface area contributed by atoms with Crippen LogP contribution in [0.5, 0.6) is 11.5 Å². The molecule has 0 amide bonds. The molecule has 0 fully saturated rings. The summed E-state index contributed by atoms with van der Waals surface area (Å²) in [5.74, 6) is 0.915. The van der Waals surface area contributed by atoms with E-state index in [4.69, 9.17) is 13.9 Å². The first-order chi connectivity index (χ1) is 15.5. The molecule has 0 aliphatic heterocycles. The first-order valence-corrected chi connectivity index (χ1v) is 13.9. The van der Waals surface area contributed by atoms with Gasteiger partial charge in [0.15, 0.2) is 31.3 Å². The number of fused-ring (bicyclic) bond motifs is 1. The zero-order valence-electron chi connectivity index (χ0n) is 20.4. The van der Waals surface area contributed by atoms with Crippen molar-refractivity contribution in [3.63, 3.8) is 0 Å². The zero-order chi connectivity index (χ0) is 24.4. The van der Waals surface area contributed by atoms with Gasteiger partial charge in [-0.15, -0.1) is 0 Å². The Morgan fingerprint density at radius 3 is 2.39 bits per heavy atom. The van der Waals surface area contributed by atoms with Gasteiger partial charge in [-0.25, -0.2) is 0 Å². The van der Waals surface area contributed by atoms with Crippen LogP contribution in [0.4, 0.5) is 0 Å². The molecule has 0 saturated carbocycles. The maximum atomic E-state index is 13.1. The molecule has 1 atom stereocenters. The van der Waals surface area contributed by atoms with Crippen LogP contribution in [0.3, 0.4) is 0 Å². The van der Waals surface area contributed by atoms with Gasteiger partial charge in [-0.1, -0.05) is 51.1 Å². The van der Waals surface area contributed by atoms with Gasteiger partial charge in [-0.05, 0) is 29.8 Å². The molecule has 0 aliphatic rings. The van der Waals surface area contributed by atoms with E-state index in [-0.39, 0.29) is 10.5 Å². The third kappa shape index (κ3) is 4.97. The second-order valence-corrected chi connectivity index (χ2v) is 14.4. The van der Waals surface area contributed by atoms with Crippen LogP contribution in [-0.4, -0.2) is 20.0 Å². The van der Waals surface area contributed by atoms with Crippen molar-refractivity contribution in [2.45, 2.75) is 51.6 Å². The quantitative estimate of drug-likeness (QED) is 0.419. The first-order valence-electron chi connectivity index (χ1n) is 10.9. The number of hydrogen-bond acceptors (Lipinski definition) is 5. The van der Waals surface area contributed by atoms with Crippen molar-refractivity contribution in [1.29, 1.82) is 5.26 Å². The summed E-state index contributed by atoms with van der Waals surface area (Å²) in [6.45, 7) is 10.8. The van der Waals surface area contributed by atoms with Crippen molar-refractivity contribution in [3.8, 4) is 17.6 Å². The molecule has 2 aromatic carbocycles. The normalized spacial score (nSPS) is 12.9. The van der Waals surface area contributed by atoms with Crippen molar-refractivity contribution >= 4 is 19.2 Å². The fraction of sp³-hybridized carbons (Fsp3) is 0.385. The van der Waals surface area contributed by atoms with E-state index in [2.05, 4.69) is 39.9 Å². The number of rotatable bonds is 7. The molecule has 3 rings (SSSR count). The summed E-state index contributed by atoms with van der Waals surface area (Å²) in [5.41, 5.74) is 1.88. The highest BCUT2D eigenvalue weighted by atomic mass is 28.4. The van der Waals surface area contributed by atoms with E-state index in [1.165, 1.54) is 6.07 Å². The van der Waals surface area contributed by atoms with Crippen LogP contribution in [0.15, 0.2) is 53.5 Å². The Kier molecular flexibility index (Phi) is 7.01. The van der Waals surface area contributed by atoms with Gasteiger partial charge in [0.25, 0.3) is 0 Å². The average molecular weight is 465 g/mol. The van der Waals surface area contributed by atoms with E-state index in [0.29, 0.717) is 34.6 Å². The van der Waals surface area contributed by atoms with E-state index in [0.717, 1.165) is 5.56 Å². The Balaban J connectivity index is 2.21. The number of benzene rings is 2. The van der Waals surface area contributed by atoms with Crippen molar-refractivity contribution in [2.24, 2.45) is 7.05 Å². The van der Waals surface area contributed by atoms with E-state index in [1.54, 1.807) is 19.4 Å². The minimum absolute atomic E-state index is 0.0916. The Morgan fingerprint density at radius 1 is 1.15 bits per heavy atom. The first kappa shape index (κ1) is 24.6. The van der Waals surface area contributed by atoms with Crippen LogP contribution in [0.1, 0.15) is 38.0 Å². The lowest BCUT2D eigenvalue weighted by Gasteiger charge is -2.37. The van der Waals surface area contributed by atoms with Crippen LogP contribution in [-0.2, 0) is 18.1 Å². The third-order valence-electron chi connectivity index (χ3n) is 6.36. The van der Waals surface area contributed by atoms with Gasteiger partial charge >= 0.3 is 0 Å². The van der Waals surface area contributed by atoms with Crippen LogP contribution >= 0.6 is 0 Å². The molecule has 0 bridgehead atoms. The van der Waals surface area contributed by atoms with Gasteiger partial charge in [-0.3, -0.25) is 4.79 Å². The lowest BCUT2D eigenvalue weighted by atomic mass is 10.0. The zero-order valence-corrected chi connectivity index (χ0v) is 21.4. The van der Waals surface area contributed by atoms with E-state index >= 15 is 0 Å². The van der Waals surface area contributed by atoms with Crippen molar-refractivity contribution in [2.75, 3.05) is 7.11 Å². The number of methoxy groups -OCH3 is 1. The highest BCUT2D eigenvalue weighted by Gasteiger charge is 2.40. The number of aromatic nitrogens is 1. The Morgan fingerprint density at radius 2 is 1.82 bits per heavy atom. The monoisotopic (exact) mass is 464 g/mol. The Hall–Kier alpha value is -3.08. The number of pyridine rings is 1. The number of nitrogens with zero attached hydrogens (tertiary/aromatic N) is 2. The molecular formula is C26H32N2O4Si. The summed E-state index contributed by atoms with van der Waals surface area (Å²) in [6.07, 6.45) is 0.792. The molecule has 7 heteroatoms. The van der Waals surface area contributed by atoms with Gasteiger partial charge in [0.05, 0.1) is 24.1 Å². The lowest BCUT2D eigenvalue weighted by Crippen LogP contribution is -2.41. The second-order valence-electron chi connectivity index (χ2n) is 9.67. The predicted molar refractivity (Wildman–Crippen MR) is 133 cm³/mol. The standard InChI is InChI=1S/C26H32N2O4Si/c1-26(2,3)33(6,7)32-22(16-27)19-15-21(30-5)25(31-17-18-11-9-8-10-12-18)24-23(19)20(29)13-14-28(24)4/h8-15,22H,17H2,1-7H3. The molecule has 3 aromatic rings. The van der Waals surface area contributed by atoms with Crippen LogP contribution in [0, 0.1) is 11.3 Å². The Bertz CT molecular complexity index is 1240. The SMILES string of the molecule is COc1cc(C(C#N)O[Si](C)(C)C(C)(C)C)c2c(=O)ccn(C)c2c1OCc1ccccc1. The molecule has 0 radical (unpaired) electrons. The van der Waals surface area contributed by atoms with Crippen LogP contribution in [0.2, 0.25) is 18.1 Å². The highest BCUT2D eigenvalue weighted by molar-refractivity contribution is 6.74. The molecule has 0 aliphatic carbocycles. The number of nitriles is 1. The molecule has 174 valence electrons. The van der Waals surface area contributed by atoms with Gasteiger partial charge in [0.2, 0.25) is 0 Å². The third-order valence-corrected chi connectivity index (χ3v) is 10.8. The molecule has 1 aromatic heterocycles. The average Bonchev–Trinajstić information content (AvgIpc) is 2.77. The molecule has 6 nitrogen and oxygen atoms in total. The summed E-state index contributed by atoms with van der Waals surface area (Å²) < 4.78 is 20.1. The summed E-state index contributed by atoms with van der Waals surface area (Å²) in [5, 5.41) is 10.4. The lowest BCUT2D eigenvalue weighted by molar-refractivity contribution is 0.236. The molecule has 1 heterocycles. The van der Waals surface area contributed by atoms with Crippen LogP contribution in [0.25, 0.3) is 10.9 Å². The Labute approximate surface area is 196 Å². The van der Waals surface area contributed by atoms with Crippen LogP contribution < -0.4 is 14.9 Å². The van der Waals surface area contributed by atoms with E-state index in [9.17, 15) is 10.1 Å². The van der Waals surface area contributed by atoms with E-state index < -0.39 is 14.4 Å². The smallest absolute Gasteiger partial charge is 0.194 e. The van der Waals surface area contributed by atoms with Gasteiger partial charge in [-0.2, -0.15) is 5.26 Å². The predicted octanol–water partition coefficient (Wildman–Crippen LogP) is 5.71. The minimum atomic E-state index is -2.29. The molecular weight excluding hydrogens is 432 g/mol. The van der Waals surface area contributed by atoms with Crippen molar-refractivity contribution < 1.29 is 13.9 Å².